The average Bonchev–Trinajstić information content (AvgIpc) is 3.62. The van der Waals surface area contributed by atoms with E-state index < -0.39 is 17.1 Å². The number of nitriles is 1. The molecule has 210 valence electrons. The molecule has 6 rings (SSSR count). The van der Waals surface area contributed by atoms with Crippen LogP contribution < -0.4 is 0 Å². The summed E-state index contributed by atoms with van der Waals surface area (Å²) in [5.41, 5.74) is 6.37. The van der Waals surface area contributed by atoms with E-state index in [2.05, 4.69) is 25.1 Å². The Labute approximate surface area is 250 Å². The van der Waals surface area contributed by atoms with Crippen molar-refractivity contribution in [2.45, 2.75) is 26.7 Å². The van der Waals surface area contributed by atoms with Gasteiger partial charge < -0.3 is 0 Å². The highest BCUT2D eigenvalue weighted by Gasteiger charge is 2.32. The number of nitrogens with zero attached hydrogens (tertiary/aromatic N) is 4. The molecule has 0 spiro atoms. The van der Waals surface area contributed by atoms with Crippen molar-refractivity contribution in [3.8, 4) is 39.6 Å². The number of nitroso groups, excluding NO2 is 1. The molecule has 9 heteroatoms. The molecule has 1 unspecified atom stereocenters. The van der Waals surface area contributed by atoms with Crippen molar-refractivity contribution in [1.82, 2.24) is 8.28 Å². The lowest BCUT2D eigenvalue weighted by atomic mass is 9.83. The third kappa shape index (κ3) is 5.02. The van der Waals surface area contributed by atoms with Gasteiger partial charge in [0.15, 0.2) is 0 Å². The van der Waals surface area contributed by atoms with Crippen molar-refractivity contribution < 1.29 is 9.00 Å². The highest BCUT2D eigenvalue weighted by atomic mass is 32.2. The highest BCUT2D eigenvalue weighted by Crippen LogP contribution is 2.45. The lowest BCUT2D eigenvalue weighted by Crippen LogP contribution is -2.40. The minimum Gasteiger partial charge on any atom is -0.263 e. The number of carbonyl (C=O) groups excluding carboxylic acids is 1. The zero-order chi connectivity index (χ0) is 29.4. The van der Waals surface area contributed by atoms with E-state index in [9.17, 15) is 19.2 Å². The van der Waals surface area contributed by atoms with Gasteiger partial charge in [-0.15, -0.1) is 16.2 Å². The van der Waals surface area contributed by atoms with Crippen LogP contribution in [-0.2, 0) is 11.2 Å². The van der Waals surface area contributed by atoms with Crippen LogP contribution in [0.5, 0.6) is 0 Å². The molecule has 0 radical (unpaired) electrons. The Morgan fingerprint density at radius 3 is 2.38 bits per heavy atom. The predicted octanol–water partition coefficient (Wildman–Crippen LogP) is 8.03. The van der Waals surface area contributed by atoms with Crippen LogP contribution in [0.3, 0.4) is 0 Å². The molecule has 1 aliphatic rings. The summed E-state index contributed by atoms with van der Waals surface area (Å²) >= 11 is -0.113. The Bertz CT molecular complexity index is 1890. The number of hydrogen-bond acceptors (Lipinski definition) is 5. The maximum Gasteiger partial charge on any atom is 0.316 e. The van der Waals surface area contributed by atoms with E-state index in [0.29, 0.717) is 4.88 Å². The Kier molecular flexibility index (Phi) is 7.45. The fourth-order valence-corrected chi connectivity index (χ4v) is 7.66. The molecule has 3 aromatic carbocycles. The molecule has 1 fully saturated rings. The van der Waals surface area contributed by atoms with Crippen LogP contribution >= 0.6 is 11.3 Å². The van der Waals surface area contributed by atoms with Gasteiger partial charge in [-0.2, -0.15) is 5.26 Å². The molecule has 1 amide bonds. The number of piperidine rings is 1. The molecular weight excluding hydrogens is 565 g/mol. The summed E-state index contributed by atoms with van der Waals surface area (Å²) in [6.07, 6.45) is 1.91. The van der Waals surface area contributed by atoms with Crippen LogP contribution in [0.2, 0.25) is 0 Å². The standard InChI is InChI=1S/C33H28N4O3S2/c1-33(2)15-17-36(18-16-33)42(40)37-28-9-4-3-8-26(28)30(27-14-19-41-29(27)21-34)31(37)25-7-5-6-24(20-25)22-10-12-23(13-11-22)32(38)35-39/h3-14,19-20H,15-18H2,1-2H3. The van der Waals surface area contributed by atoms with Crippen LogP contribution in [0.25, 0.3) is 44.4 Å². The van der Waals surface area contributed by atoms with Crippen molar-refractivity contribution in [3.05, 3.63) is 99.6 Å². The molecule has 42 heavy (non-hydrogen) atoms. The van der Waals surface area contributed by atoms with Crippen LogP contribution in [0.4, 0.5) is 0 Å². The van der Waals surface area contributed by atoms with Gasteiger partial charge in [0, 0.05) is 45.9 Å². The summed E-state index contributed by atoms with van der Waals surface area (Å²) in [5, 5.41) is 15.3. The summed E-state index contributed by atoms with van der Waals surface area (Å²) < 4.78 is 18.5. The molecule has 1 aliphatic heterocycles. The molecule has 2 aromatic heterocycles. The Hall–Kier alpha value is -4.23. The van der Waals surface area contributed by atoms with Crippen LogP contribution in [-0.4, -0.2) is 31.5 Å². The van der Waals surface area contributed by atoms with Crippen LogP contribution in [0.1, 0.15) is 41.9 Å². The molecule has 0 bridgehead atoms. The minimum atomic E-state index is -1.51. The van der Waals surface area contributed by atoms with E-state index in [1.54, 1.807) is 24.3 Å². The summed E-state index contributed by atoms with van der Waals surface area (Å²) in [5.74, 6) is -0.808. The molecular formula is C33H28N4O3S2. The summed E-state index contributed by atoms with van der Waals surface area (Å²) in [7, 11) is 0. The first-order chi connectivity index (χ1) is 20.3. The monoisotopic (exact) mass is 592 g/mol. The Balaban J connectivity index is 1.57. The second-order valence-corrected chi connectivity index (χ2v) is 13.4. The molecule has 1 saturated heterocycles. The van der Waals surface area contributed by atoms with E-state index in [-0.39, 0.29) is 11.0 Å². The number of aromatic nitrogens is 1. The molecule has 5 aromatic rings. The normalized spacial score (nSPS) is 15.7. The van der Waals surface area contributed by atoms with Gasteiger partial charge in [-0.1, -0.05) is 62.4 Å². The first kappa shape index (κ1) is 27.9. The fourth-order valence-electron chi connectivity index (χ4n) is 5.57. The Morgan fingerprint density at radius 2 is 1.67 bits per heavy atom. The summed E-state index contributed by atoms with van der Waals surface area (Å²) in [4.78, 5) is 23.0. The molecule has 3 heterocycles. The largest absolute Gasteiger partial charge is 0.316 e. The van der Waals surface area contributed by atoms with E-state index in [0.717, 1.165) is 70.3 Å². The molecule has 1 atom stereocenters. The number of rotatable bonds is 6. The van der Waals surface area contributed by atoms with Gasteiger partial charge in [0.1, 0.15) is 10.9 Å². The number of amides is 1. The molecule has 0 aliphatic carbocycles. The van der Waals surface area contributed by atoms with Gasteiger partial charge in [-0.25, -0.2) is 12.5 Å². The fraction of sp³-hybridized carbons (Fsp3) is 0.212. The third-order valence-corrected chi connectivity index (χ3v) is 10.3. The summed E-state index contributed by atoms with van der Waals surface area (Å²) in [6, 6.07) is 27.0. The highest BCUT2D eigenvalue weighted by molar-refractivity contribution is 7.81. The maximum atomic E-state index is 14.5. The van der Waals surface area contributed by atoms with Crippen LogP contribution in [0.15, 0.2) is 89.4 Å². The molecule has 7 nitrogen and oxygen atoms in total. The van der Waals surface area contributed by atoms with Gasteiger partial charge in [0.2, 0.25) is 11.2 Å². The van der Waals surface area contributed by atoms with Crippen molar-refractivity contribution >= 4 is 39.3 Å². The molecule has 0 saturated carbocycles. The SMILES string of the molecule is CC1(C)CCN(S(=O)n2c(-c3cccc(-c4ccc(C(=O)N=O)cc4)c3)c(-c3ccsc3C#N)c3ccccc32)CC1. The number of benzene rings is 3. The van der Waals surface area contributed by atoms with Crippen molar-refractivity contribution in [2.75, 3.05) is 13.1 Å². The van der Waals surface area contributed by atoms with Gasteiger partial charge in [-0.05, 0) is 65.1 Å². The number of thiophene rings is 1. The second-order valence-electron chi connectivity index (χ2n) is 11.2. The number of para-hydroxylation sites is 1. The van der Waals surface area contributed by atoms with Crippen molar-refractivity contribution in [2.24, 2.45) is 10.6 Å². The number of fused-ring (bicyclic) bond motifs is 1. The smallest absolute Gasteiger partial charge is 0.263 e. The van der Waals surface area contributed by atoms with Crippen LogP contribution in [0, 0.1) is 21.7 Å². The molecule has 0 N–H and O–H groups in total. The first-order valence-corrected chi connectivity index (χ1v) is 15.6. The zero-order valence-corrected chi connectivity index (χ0v) is 24.9. The number of hydrogen-bond donors (Lipinski definition) is 0. The van der Waals surface area contributed by atoms with Crippen molar-refractivity contribution in [3.63, 3.8) is 0 Å². The first-order valence-electron chi connectivity index (χ1n) is 13.7. The van der Waals surface area contributed by atoms with Gasteiger partial charge in [-0.3, -0.25) is 4.79 Å². The predicted molar refractivity (Wildman–Crippen MR) is 169 cm³/mol. The topological polar surface area (TPSA) is 95.5 Å². The lowest BCUT2D eigenvalue weighted by molar-refractivity contribution is 0.100. The zero-order valence-electron chi connectivity index (χ0n) is 23.2. The lowest BCUT2D eigenvalue weighted by Gasteiger charge is -2.36. The Morgan fingerprint density at radius 1 is 0.952 bits per heavy atom. The van der Waals surface area contributed by atoms with E-state index in [1.165, 1.54) is 11.3 Å². The summed E-state index contributed by atoms with van der Waals surface area (Å²) in [6.45, 7) is 5.96. The third-order valence-electron chi connectivity index (χ3n) is 8.01. The number of carbonyl (C=O) groups is 1. The van der Waals surface area contributed by atoms with Gasteiger partial charge >= 0.3 is 5.91 Å². The van der Waals surface area contributed by atoms with Gasteiger partial charge in [0.25, 0.3) is 0 Å². The van der Waals surface area contributed by atoms with E-state index in [1.807, 2.05) is 68.3 Å². The van der Waals surface area contributed by atoms with E-state index >= 15 is 0 Å². The average molecular weight is 593 g/mol. The van der Waals surface area contributed by atoms with Gasteiger partial charge in [0.05, 0.1) is 11.2 Å². The van der Waals surface area contributed by atoms with E-state index in [4.69, 9.17) is 0 Å². The van der Waals surface area contributed by atoms with Crippen molar-refractivity contribution in [1.29, 1.82) is 5.26 Å². The maximum absolute atomic E-state index is 14.5. The minimum absolute atomic E-state index is 0.210. The quantitative estimate of drug-likeness (QED) is 0.187. The second kappa shape index (κ2) is 11.2.